The molecular formula is C20H27N5O2S. The van der Waals surface area contributed by atoms with Crippen LogP contribution in [0.15, 0.2) is 30.3 Å². The summed E-state index contributed by atoms with van der Waals surface area (Å²) in [6, 6.07) is 9.96. The maximum Gasteiger partial charge on any atom is 0.216 e. The molecule has 1 fully saturated rings. The highest BCUT2D eigenvalue weighted by Gasteiger charge is 2.21. The number of ether oxygens (including phenoxy) is 1. The maximum atomic E-state index is 11.0. The minimum atomic E-state index is -0.00290. The van der Waals surface area contributed by atoms with E-state index in [1.54, 1.807) is 11.8 Å². The first-order valence-corrected chi connectivity index (χ1v) is 10.6. The predicted molar refractivity (Wildman–Crippen MR) is 114 cm³/mol. The minimum absolute atomic E-state index is 0.00290. The first-order chi connectivity index (χ1) is 13.5. The van der Waals surface area contributed by atoms with Crippen LogP contribution in [0.3, 0.4) is 0 Å². The molecule has 0 spiro atoms. The van der Waals surface area contributed by atoms with Crippen LogP contribution >= 0.6 is 11.8 Å². The van der Waals surface area contributed by atoms with Crippen LogP contribution in [0, 0.1) is 0 Å². The lowest BCUT2D eigenvalue weighted by atomic mass is 10.2. The SMILES string of the molecule is CC(=O)NCCSCc1cc(N2CCOC[C@@H]2C)nc(-c2ccc(N)cc2)n1. The molecule has 3 rings (SSSR count). The summed E-state index contributed by atoms with van der Waals surface area (Å²) >= 11 is 1.74. The van der Waals surface area contributed by atoms with Crippen molar-refractivity contribution in [3.63, 3.8) is 0 Å². The van der Waals surface area contributed by atoms with E-state index in [0.717, 1.165) is 40.8 Å². The van der Waals surface area contributed by atoms with Gasteiger partial charge in [0.1, 0.15) is 5.82 Å². The summed E-state index contributed by atoms with van der Waals surface area (Å²) in [5, 5.41) is 2.82. The molecule has 2 aromatic rings. The number of rotatable bonds is 7. The quantitative estimate of drug-likeness (QED) is 0.543. The van der Waals surface area contributed by atoms with Gasteiger partial charge in [-0.2, -0.15) is 11.8 Å². The van der Waals surface area contributed by atoms with Gasteiger partial charge in [0.2, 0.25) is 5.91 Å². The monoisotopic (exact) mass is 401 g/mol. The van der Waals surface area contributed by atoms with Crippen LogP contribution in [0.5, 0.6) is 0 Å². The Bertz CT molecular complexity index is 800. The van der Waals surface area contributed by atoms with E-state index < -0.39 is 0 Å². The van der Waals surface area contributed by atoms with Crippen LogP contribution < -0.4 is 16.0 Å². The lowest BCUT2D eigenvalue weighted by Gasteiger charge is -2.34. The van der Waals surface area contributed by atoms with Crippen molar-refractivity contribution in [3.05, 3.63) is 36.0 Å². The van der Waals surface area contributed by atoms with Crippen LogP contribution in [0.2, 0.25) is 0 Å². The van der Waals surface area contributed by atoms with Gasteiger partial charge in [0, 0.05) is 48.8 Å². The molecule has 1 atom stereocenters. The van der Waals surface area contributed by atoms with Crippen molar-refractivity contribution in [2.75, 3.05) is 42.7 Å². The number of hydrogen-bond donors (Lipinski definition) is 2. The molecule has 1 aromatic heterocycles. The third-order valence-corrected chi connectivity index (χ3v) is 5.46. The molecule has 1 saturated heterocycles. The van der Waals surface area contributed by atoms with Gasteiger partial charge in [-0.1, -0.05) is 0 Å². The molecule has 150 valence electrons. The largest absolute Gasteiger partial charge is 0.399 e. The van der Waals surface area contributed by atoms with E-state index in [9.17, 15) is 4.79 Å². The summed E-state index contributed by atoms with van der Waals surface area (Å²) in [5.41, 5.74) is 8.46. The Kier molecular flexibility index (Phi) is 7.11. The number of carbonyl (C=O) groups excluding carboxylic acids is 1. The minimum Gasteiger partial charge on any atom is -0.399 e. The molecular weight excluding hydrogens is 374 g/mol. The van der Waals surface area contributed by atoms with Crippen LogP contribution in [-0.2, 0) is 15.3 Å². The molecule has 0 unspecified atom stereocenters. The van der Waals surface area contributed by atoms with Crippen LogP contribution in [0.25, 0.3) is 11.4 Å². The first kappa shape index (κ1) is 20.4. The van der Waals surface area contributed by atoms with Gasteiger partial charge in [0.15, 0.2) is 5.82 Å². The average Bonchev–Trinajstić information content (AvgIpc) is 2.68. The number of nitrogens with two attached hydrogens (primary N) is 1. The molecule has 0 aliphatic carbocycles. The lowest BCUT2D eigenvalue weighted by Crippen LogP contribution is -2.44. The smallest absolute Gasteiger partial charge is 0.216 e. The lowest BCUT2D eigenvalue weighted by molar-refractivity contribution is -0.118. The summed E-state index contributed by atoms with van der Waals surface area (Å²) in [6.07, 6.45) is 0. The molecule has 1 aliphatic heterocycles. The summed E-state index contributed by atoms with van der Waals surface area (Å²) in [5.74, 6) is 3.22. The number of nitrogens with one attached hydrogen (secondary N) is 1. The standard InChI is InChI=1S/C20H27N5O2S/c1-14-12-27-9-8-25(14)19-11-18(13-28-10-7-22-15(2)26)23-20(24-19)16-3-5-17(21)6-4-16/h3-6,11,14H,7-10,12-13,21H2,1-2H3,(H,22,26)/t14-/m0/s1. The number of anilines is 2. The second-order valence-electron chi connectivity index (χ2n) is 6.82. The fraction of sp³-hybridized carbons (Fsp3) is 0.450. The highest BCUT2D eigenvalue weighted by atomic mass is 32.2. The van der Waals surface area contributed by atoms with Gasteiger partial charge in [0.25, 0.3) is 0 Å². The van der Waals surface area contributed by atoms with E-state index >= 15 is 0 Å². The highest BCUT2D eigenvalue weighted by Crippen LogP contribution is 2.25. The molecule has 0 saturated carbocycles. The van der Waals surface area contributed by atoms with E-state index in [4.69, 9.17) is 20.4 Å². The maximum absolute atomic E-state index is 11.0. The fourth-order valence-electron chi connectivity index (χ4n) is 3.01. The Morgan fingerprint density at radius 3 is 2.86 bits per heavy atom. The molecule has 1 aliphatic rings. The molecule has 7 nitrogen and oxygen atoms in total. The number of nitrogens with zero attached hydrogens (tertiary/aromatic N) is 3. The number of carbonyl (C=O) groups is 1. The third kappa shape index (κ3) is 5.59. The van der Waals surface area contributed by atoms with Crippen LogP contribution in [-0.4, -0.2) is 54.0 Å². The van der Waals surface area contributed by atoms with Crippen molar-refractivity contribution in [3.8, 4) is 11.4 Å². The highest BCUT2D eigenvalue weighted by molar-refractivity contribution is 7.98. The Morgan fingerprint density at radius 2 is 2.14 bits per heavy atom. The molecule has 1 amide bonds. The van der Waals surface area contributed by atoms with Crippen molar-refractivity contribution in [2.24, 2.45) is 0 Å². The normalized spacial score (nSPS) is 16.8. The Morgan fingerprint density at radius 1 is 1.36 bits per heavy atom. The van der Waals surface area contributed by atoms with Crippen LogP contribution in [0.4, 0.5) is 11.5 Å². The second kappa shape index (κ2) is 9.75. The van der Waals surface area contributed by atoms with E-state index in [2.05, 4.69) is 23.2 Å². The summed E-state index contributed by atoms with van der Waals surface area (Å²) < 4.78 is 5.57. The summed E-state index contributed by atoms with van der Waals surface area (Å²) in [7, 11) is 0. The zero-order chi connectivity index (χ0) is 19.9. The number of hydrogen-bond acceptors (Lipinski definition) is 7. The second-order valence-corrected chi connectivity index (χ2v) is 7.92. The van der Waals surface area contributed by atoms with Crippen molar-refractivity contribution in [1.29, 1.82) is 0 Å². The predicted octanol–water partition coefficient (Wildman–Crippen LogP) is 2.32. The number of benzene rings is 1. The molecule has 28 heavy (non-hydrogen) atoms. The molecule has 0 bridgehead atoms. The number of amides is 1. The molecule has 0 radical (unpaired) electrons. The first-order valence-electron chi connectivity index (χ1n) is 9.43. The Balaban J connectivity index is 1.81. The summed E-state index contributed by atoms with van der Waals surface area (Å²) in [6.45, 7) is 6.54. The van der Waals surface area contributed by atoms with E-state index in [-0.39, 0.29) is 11.9 Å². The fourth-order valence-corrected chi connectivity index (χ4v) is 3.76. The molecule has 1 aromatic carbocycles. The van der Waals surface area contributed by atoms with Gasteiger partial charge in [-0.3, -0.25) is 4.79 Å². The average molecular weight is 402 g/mol. The third-order valence-electron chi connectivity index (χ3n) is 4.47. The number of aromatic nitrogens is 2. The van der Waals surface area contributed by atoms with Crippen LogP contribution in [0.1, 0.15) is 19.5 Å². The van der Waals surface area contributed by atoms with Gasteiger partial charge in [-0.15, -0.1) is 0 Å². The van der Waals surface area contributed by atoms with Gasteiger partial charge in [0.05, 0.1) is 24.9 Å². The summed E-state index contributed by atoms with van der Waals surface area (Å²) in [4.78, 5) is 22.9. The zero-order valence-electron chi connectivity index (χ0n) is 16.4. The van der Waals surface area contributed by atoms with Crippen molar-refractivity contribution in [2.45, 2.75) is 25.6 Å². The Hall–Kier alpha value is -2.32. The van der Waals surface area contributed by atoms with Gasteiger partial charge >= 0.3 is 0 Å². The van der Waals surface area contributed by atoms with Crippen molar-refractivity contribution >= 4 is 29.2 Å². The molecule has 8 heteroatoms. The van der Waals surface area contributed by atoms with Gasteiger partial charge in [-0.05, 0) is 31.2 Å². The number of morpholine rings is 1. The number of thioether (sulfide) groups is 1. The van der Waals surface area contributed by atoms with E-state index in [0.29, 0.717) is 25.6 Å². The molecule has 2 heterocycles. The van der Waals surface area contributed by atoms with Gasteiger partial charge in [-0.25, -0.2) is 9.97 Å². The Labute approximate surface area is 170 Å². The number of nitrogen functional groups attached to an aromatic ring is 1. The molecule has 3 N–H and O–H groups in total. The zero-order valence-corrected chi connectivity index (χ0v) is 17.2. The van der Waals surface area contributed by atoms with Crippen molar-refractivity contribution in [1.82, 2.24) is 15.3 Å². The van der Waals surface area contributed by atoms with Crippen molar-refractivity contribution < 1.29 is 9.53 Å². The topological polar surface area (TPSA) is 93.4 Å². The van der Waals surface area contributed by atoms with E-state index in [1.807, 2.05) is 24.3 Å². The van der Waals surface area contributed by atoms with E-state index in [1.165, 1.54) is 6.92 Å². The van der Waals surface area contributed by atoms with Gasteiger partial charge < -0.3 is 20.7 Å².